The molecule has 1 heteroatoms. The molecule has 1 radical (unpaired) electrons. The molecule has 2 aromatic rings. The van der Waals surface area contributed by atoms with Gasteiger partial charge in [-0.3, -0.25) is 0 Å². The molecule has 0 fully saturated rings. The van der Waals surface area contributed by atoms with Crippen LogP contribution in [-0.2, 0) is 6.16 Å². The van der Waals surface area contributed by atoms with Gasteiger partial charge in [-0.25, -0.2) is 0 Å². The van der Waals surface area contributed by atoms with Crippen molar-refractivity contribution in [3.8, 4) is 0 Å². The second-order valence-corrected chi connectivity index (χ2v) is 4.79. The first kappa shape index (κ1) is 10.4. The zero-order valence-corrected chi connectivity index (χ0v) is 9.74. The highest BCUT2D eigenvalue weighted by molar-refractivity contribution is 7.46. The van der Waals surface area contributed by atoms with Gasteiger partial charge in [0, 0.05) is 6.16 Å². The number of rotatable bonds is 3. The van der Waals surface area contributed by atoms with E-state index in [-0.39, 0.29) is 0 Å². The highest BCUT2D eigenvalue weighted by atomic mass is 31.1. The summed E-state index contributed by atoms with van der Waals surface area (Å²) in [6.07, 6.45) is 1.10. The Morgan fingerprint density at radius 2 is 1.53 bits per heavy atom. The number of benzene rings is 2. The highest BCUT2D eigenvalue weighted by Crippen LogP contribution is 2.17. The molecule has 0 aliphatic rings. The number of hydrogen-bond donors (Lipinski definition) is 0. The quantitative estimate of drug-likeness (QED) is 0.681. The van der Waals surface area contributed by atoms with E-state index >= 15 is 0 Å². The molecule has 15 heavy (non-hydrogen) atoms. The van der Waals surface area contributed by atoms with Gasteiger partial charge in [0.05, 0.1) is 0 Å². The first-order valence-corrected chi connectivity index (χ1v) is 6.21. The molecular weight excluding hydrogens is 199 g/mol. The van der Waals surface area contributed by atoms with Crippen molar-refractivity contribution in [2.24, 2.45) is 0 Å². The lowest BCUT2D eigenvalue weighted by atomic mass is 10.2. The SMILES string of the molecule is Cc1ccc([P]Cc2ccccc2)cc1. The Morgan fingerprint density at radius 1 is 0.867 bits per heavy atom. The molecule has 0 atom stereocenters. The fourth-order valence-corrected chi connectivity index (χ4v) is 2.35. The lowest BCUT2D eigenvalue weighted by Crippen LogP contribution is -1.93. The zero-order valence-electron chi connectivity index (χ0n) is 8.85. The van der Waals surface area contributed by atoms with Gasteiger partial charge in [-0.2, -0.15) is 0 Å². The van der Waals surface area contributed by atoms with Crippen LogP contribution < -0.4 is 5.30 Å². The van der Waals surface area contributed by atoms with Gasteiger partial charge >= 0.3 is 0 Å². The molecule has 75 valence electrons. The van der Waals surface area contributed by atoms with Crippen molar-refractivity contribution < 1.29 is 0 Å². The number of hydrogen-bond acceptors (Lipinski definition) is 0. The van der Waals surface area contributed by atoms with Crippen LogP contribution in [0.2, 0.25) is 0 Å². The van der Waals surface area contributed by atoms with E-state index in [4.69, 9.17) is 0 Å². The molecule has 0 saturated carbocycles. The average Bonchev–Trinajstić information content (AvgIpc) is 2.30. The lowest BCUT2D eigenvalue weighted by Gasteiger charge is -2.01. The van der Waals surface area contributed by atoms with E-state index < -0.39 is 0 Å². The molecule has 0 bridgehead atoms. The lowest BCUT2D eigenvalue weighted by molar-refractivity contribution is 1.41. The van der Waals surface area contributed by atoms with E-state index in [2.05, 4.69) is 61.5 Å². The molecule has 0 nitrogen and oxygen atoms in total. The summed E-state index contributed by atoms with van der Waals surface area (Å²) in [6.45, 7) is 2.12. The van der Waals surface area contributed by atoms with Crippen molar-refractivity contribution in [2.45, 2.75) is 13.1 Å². The van der Waals surface area contributed by atoms with E-state index in [1.807, 2.05) is 0 Å². The van der Waals surface area contributed by atoms with Crippen LogP contribution in [0.4, 0.5) is 0 Å². The van der Waals surface area contributed by atoms with E-state index in [1.165, 1.54) is 25.0 Å². The van der Waals surface area contributed by atoms with Crippen LogP contribution in [0.1, 0.15) is 11.1 Å². The zero-order chi connectivity index (χ0) is 10.5. The summed E-state index contributed by atoms with van der Waals surface area (Å²) in [4.78, 5) is 0. The van der Waals surface area contributed by atoms with Gasteiger partial charge in [0.25, 0.3) is 0 Å². The molecule has 0 spiro atoms. The van der Waals surface area contributed by atoms with Crippen LogP contribution in [0, 0.1) is 6.92 Å². The third-order valence-electron chi connectivity index (χ3n) is 2.32. The second kappa shape index (κ2) is 5.09. The van der Waals surface area contributed by atoms with Crippen molar-refractivity contribution in [2.75, 3.05) is 0 Å². The minimum absolute atomic E-state index is 1.10. The van der Waals surface area contributed by atoms with Gasteiger partial charge in [0.2, 0.25) is 0 Å². The van der Waals surface area contributed by atoms with Gasteiger partial charge in [-0.15, -0.1) is 0 Å². The first-order valence-electron chi connectivity index (χ1n) is 5.13. The molecule has 0 amide bonds. The first-order chi connectivity index (χ1) is 7.34. The van der Waals surface area contributed by atoms with Crippen LogP contribution in [0.25, 0.3) is 0 Å². The molecular formula is C14H14P. The Labute approximate surface area is 93.1 Å². The summed E-state index contributed by atoms with van der Waals surface area (Å²) in [5, 5.41) is 1.39. The fraction of sp³-hybridized carbons (Fsp3) is 0.143. The Bertz CT molecular complexity index is 403. The van der Waals surface area contributed by atoms with Crippen molar-refractivity contribution >= 4 is 13.9 Å². The summed E-state index contributed by atoms with van der Waals surface area (Å²) in [7, 11) is 1.38. The Kier molecular flexibility index (Phi) is 3.53. The monoisotopic (exact) mass is 213 g/mol. The van der Waals surface area contributed by atoms with Crippen molar-refractivity contribution in [3.63, 3.8) is 0 Å². The standard InChI is InChI=1S/C14H14P/c1-12-7-9-14(10-8-12)15-11-13-5-3-2-4-6-13/h2-10H,11H2,1H3. The fourth-order valence-electron chi connectivity index (χ4n) is 1.42. The Morgan fingerprint density at radius 3 is 2.20 bits per heavy atom. The maximum atomic E-state index is 2.21. The average molecular weight is 213 g/mol. The third kappa shape index (κ3) is 3.18. The molecule has 0 N–H and O–H groups in total. The van der Waals surface area contributed by atoms with E-state index in [0.29, 0.717) is 0 Å². The molecule has 0 aromatic heterocycles. The van der Waals surface area contributed by atoms with Gasteiger partial charge in [0.1, 0.15) is 0 Å². The molecule has 0 aliphatic carbocycles. The van der Waals surface area contributed by atoms with Crippen molar-refractivity contribution in [1.29, 1.82) is 0 Å². The van der Waals surface area contributed by atoms with Crippen molar-refractivity contribution in [3.05, 3.63) is 65.7 Å². The molecule has 0 saturated heterocycles. The summed E-state index contributed by atoms with van der Waals surface area (Å²) >= 11 is 0. The van der Waals surface area contributed by atoms with E-state index in [1.54, 1.807) is 0 Å². The summed E-state index contributed by atoms with van der Waals surface area (Å²) in [6, 6.07) is 19.4. The molecule has 2 rings (SSSR count). The van der Waals surface area contributed by atoms with E-state index in [9.17, 15) is 0 Å². The third-order valence-corrected chi connectivity index (χ3v) is 3.51. The van der Waals surface area contributed by atoms with Gasteiger partial charge in [-0.1, -0.05) is 60.2 Å². The van der Waals surface area contributed by atoms with Gasteiger partial charge in [0.15, 0.2) is 0 Å². The predicted molar refractivity (Wildman–Crippen MR) is 67.9 cm³/mol. The maximum Gasteiger partial charge on any atom is 0.000894 e. The Balaban J connectivity index is 1.96. The van der Waals surface area contributed by atoms with Crippen LogP contribution in [0.5, 0.6) is 0 Å². The smallest absolute Gasteiger partial charge is 0.000894 e. The molecule has 0 unspecified atom stereocenters. The largest absolute Gasteiger partial charge is 0.0622 e. The predicted octanol–water partition coefficient (Wildman–Crippen LogP) is 3.77. The second-order valence-electron chi connectivity index (χ2n) is 3.64. The minimum Gasteiger partial charge on any atom is -0.0622 e. The molecule has 0 heterocycles. The van der Waals surface area contributed by atoms with Crippen LogP contribution in [0.15, 0.2) is 54.6 Å². The Hall–Kier alpha value is -1.13. The highest BCUT2D eigenvalue weighted by Gasteiger charge is 1.95. The maximum absolute atomic E-state index is 2.21. The van der Waals surface area contributed by atoms with Crippen LogP contribution >= 0.6 is 8.58 Å². The molecule has 0 aliphatic heterocycles. The van der Waals surface area contributed by atoms with Gasteiger partial charge in [-0.05, 0) is 26.4 Å². The van der Waals surface area contributed by atoms with Crippen LogP contribution in [0.3, 0.4) is 0 Å². The summed E-state index contributed by atoms with van der Waals surface area (Å²) in [5.41, 5.74) is 2.73. The topological polar surface area (TPSA) is 0 Å². The number of aryl methyl sites for hydroxylation is 1. The molecule has 2 aromatic carbocycles. The normalized spacial score (nSPS) is 11.0. The van der Waals surface area contributed by atoms with Gasteiger partial charge < -0.3 is 0 Å². The summed E-state index contributed by atoms with van der Waals surface area (Å²) in [5.74, 6) is 0. The minimum atomic E-state index is 1.10. The van der Waals surface area contributed by atoms with E-state index in [0.717, 1.165) is 6.16 Å². The van der Waals surface area contributed by atoms with Crippen LogP contribution in [-0.4, -0.2) is 0 Å². The van der Waals surface area contributed by atoms with Crippen molar-refractivity contribution in [1.82, 2.24) is 0 Å². The summed E-state index contributed by atoms with van der Waals surface area (Å²) < 4.78 is 0.